The van der Waals surface area contributed by atoms with Gasteiger partial charge in [0.05, 0.1) is 12.4 Å². The largest absolute Gasteiger partial charge is 0.323 e. The molecule has 0 fully saturated rings. The fourth-order valence-corrected chi connectivity index (χ4v) is 0.960. The molecule has 1 N–H and O–H groups in total. The van der Waals surface area contributed by atoms with E-state index in [-0.39, 0.29) is 6.99 Å². The van der Waals surface area contributed by atoms with Crippen molar-refractivity contribution in [3.05, 3.63) is 28.4 Å². The van der Waals surface area contributed by atoms with Crippen LogP contribution in [0.4, 0.5) is 0 Å². The van der Waals surface area contributed by atoms with Gasteiger partial charge in [-0.1, -0.05) is 5.21 Å². The first-order chi connectivity index (χ1) is 5.27. The minimum Gasteiger partial charge on any atom is -0.323 e. The highest BCUT2D eigenvalue weighted by Gasteiger charge is 1.98. The molecule has 0 amide bonds. The molecule has 0 unspecified atom stereocenters. The van der Waals surface area contributed by atoms with Gasteiger partial charge in [-0.3, -0.25) is 4.79 Å². The van der Waals surface area contributed by atoms with Crippen molar-refractivity contribution in [2.75, 3.05) is 0 Å². The lowest BCUT2D eigenvalue weighted by Crippen LogP contribution is -2.10. The Labute approximate surface area is 63.2 Å². The molecule has 0 atom stereocenters. The van der Waals surface area contributed by atoms with E-state index in [0.717, 1.165) is 5.69 Å². The maximum atomic E-state index is 11.1. The third-order valence-corrected chi connectivity index (χ3v) is 1.43. The average molecular weight is 152 g/mol. The molecule has 0 bridgehead atoms. The minimum atomic E-state index is -0.157. The molecular formula is C6H8N4O. The summed E-state index contributed by atoms with van der Waals surface area (Å²) in [6.07, 6.45) is 3.14. The van der Waals surface area contributed by atoms with Crippen molar-refractivity contribution < 1.29 is 1.43 Å². The molecule has 58 valence electrons. The Balaban J connectivity index is 0.000000720. The zero-order valence-corrected chi connectivity index (χ0v) is 5.90. The lowest BCUT2D eigenvalue weighted by Gasteiger charge is -1.91. The van der Waals surface area contributed by atoms with Gasteiger partial charge in [-0.05, 0) is 6.92 Å². The van der Waals surface area contributed by atoms with Crippen LogP contribution in [0, 0.1) is 6.92 Å². The molecular weight excluding hydrogens is 144 g/mol. The molecule has 0 aliphatic rings. The van der Waals surface area contributed by atoms with Crippen LogP contribution in [0.25, 0.3) is 5.52 Å². The lowest BCUT2D eigenvalue weighted by molar-refractivity contribution is 0.836. The Hall–Kier alpha value is -1.65. The van der Waals surface area contributed by atoms with Gasteiger partial charge in [-0.15, -0.1) is 5.10 Å². The summed E-state index contributed by atoms with van der Waals surface area (Å²) in [5, 5.41) is 7.28. The van der Waals surface area contributed by atoms with Crippen molar-refractivity contribution in [3.8, 4) is 0 Å². The molecule has 0 radical (unpaired) electrons. The summed E-state index contributed by atoms with van der Waals surface area (Å²) in [4.78, 5) is 13.7. The first kappa shape index (κ1) is 6.09. The van der Waals surface area contributed by atoms with Crippen molar-refractivity contribution in [1.82, 2.24) is 19.8 Å². The number of aromatic nitrogens is 4. The molecule has 11 heavy (non-hydrogen) atoms. The van der Waals surface area contributed by atoms with Gasteiger partial charge in [0.15, 0.2) is 5.52 Å². The maximum absolute atomic E-state index is 11.1. The average Bonchev–Trinajstić information content (AvgIpc) is 2.34. The summed E-state index contributed by atoms with van der Waals surface area (Å²) in [5.41, 5.74) is 1.08. The molecule has 0 saturated heterocycles. The molecule has 5 nitrogen and oxygen atoms in total. The second kappa shape index (κ2) is 1.91. The van der Waals surface area contributed by atoms with E-state index >= 15 is 0 Å². The van der Waals surface area contributed by atoms with Crippen LogP contribution in [-0.4, -0.2) is 19.8 Å². The normalized spacial score (nSPS) is 10.6. The van der Waals surface area contributed by atoms with E-state index in [9.17, 15) is 4.79 Å². The summed E-state index contributed by atoms with van der Waals surface area (Å²) < 4.78 is 1.45. The molecule has 2 heterocycles. The van der Waals surface area contributed by atoms with Crippen molar-refractivity contribution in [1.29, 1.82) is 0 Å². The van der Waals surface area contributed by atoms with E-state index < -0.39 is 0 Å². The Morgan fingerprint density at radius 1 is 1.73 bits per heavy atom. The SMILES string of the molecule is Cc1cn2nncc2c(=O)[nH]1.[HH]. The highest BCUT2D eigenvalue weighted by atomic mass is 16.1. The fraction of sp³-hybridized carbons (Fsp3) is 0.167. The van der Waals surface area contributed by atoms with Crippen LogP contribution in [0.15, 0.2) is 17.2 Å². The van der Waals surface area contributed by atoms with Gasteiger partial charge in [0.2, 0.25) is 0 Å². The van der Waals surface area contributed by atoms with E-state index in [1.165, 1.54) is 10.7 Å². The molecule has 2 aromatic rings. The van der Waals surface area contributed by atoms with Crippen LogP contribution in [0.2, 0.25) is 0 Å². The van der Waals surface area contributed by atoms with Crippen LogP contribution in [0.5, 0.6) is 0 Å². The summed E-state index contributed by atoms with van der Waals surface area (Å²) in [5.74, 6) is 0. The Morgan fingerprint density at radius 3 is 3.36 bits per heavy atom. The van der Waals surface area contributed by atoms with E-state index in [1.54, 1.807) is 13.1 Å². The van der Waals surface area contributed by atoms with Gasteiger partial charge in [0.25, 0.3) is 5.56 Å². The zero-order valence-electron chi connectivity index (χ0n) is 5.90. The van der Waals surface area contributed by atoms with Gasteiger partial charge in [-0.2, -0.15) is 0 Å². The van der Waals surface area contributed by atoms with Gasteiger partial charge in [-0.25, -0.2) is 4.52 Å². The monoisotopic (exact) mass is 152 g/mol. The number of nitrogens with one attached hydrogen (secondary N) is 1. The molecule has 5 heteroatoms. The number of aromatic amines is 1. The highest BCUT2D eigenvalue weighted by Crippen LogP contribution is 1.91. The molecule has 2 rings (SSSR count). The first-order valence-electron chi connectivity index (χ1n) is 3.17. The van der Waals surface area contributed by atoms with Crippen LogP contribution in [0.3, 0.4) is 0 Å². The van der Waals surface area contributed by atoms with Gasteiger partial charge in [0.1, 0.15) is 0 Å². The topological polar surface area (TPSA) is 63.1 Å². The standard InChI is InChI=1S/C6H6N4O.H2/c1-4-3-10-5(2-7-9-10)6(11)8-4;/h2-3H,1H3,(H,8,11);1H. The molecule has 2 aromatic heterocycles. The molecule has 0 saturated carbocycles. The van der Waals surface area contributed by atoms with Crippen molar-refractivity contribution in [2.24, 2.45) is 0 Å². The van der Waals surface area contributed by atoms with Crippen LogP contribution >= 0.6 is 0 Å². The lowest BCUT2D eigenvalue weighted by atomic mass is 10.5. The first-order valence-corrected chi connectivity index (χ1v) is 3.17. The van der Waals surface area contributed by atoms with Crippen LogP contribution in [-0.2, 0) is 0 Å². The highest BCUT2D eigenvalue weighted by molar-refractivity contribution is 5.39. The smallest absolute Gasteiger partial charge is 0.275 e. The summed E-state index contributed by atoms with van der Waals surface area (Å²) >= 11 is 0. The van der Waals surface area contributed by atoms with Crippen molar-refractivity contribution in [3.63, 3.8) is 0 Å². The van der Waals surface area contributed by atoms with Gasteiger partial charge in [0, 0.05) is 7.12 Å². The summed E-state index contributed by atoms with van der Waals surface area (Å²) in [6, 6.07) is 0. The number of aryl methyl sites for hydroxylation is 1. The second-order valence-corrected chi connectivity index (χ2v) is 2.33. The number of nitrogens with zero attached hydrogens (tertiary/aromatic N) is 3. The van der Waals surface area contributed by atoms with E-state index in [0.29, 0.717) is 5.52 Å². The van der Waals surface area contributed by atoms with Crippen molar-refractivity contribution >= 4 is 5.52 Å². The van der Waals surface area contributed by atoms with Crippen LogP contribution < -0.4 is 5.56 Å². The minimum absolute atomic E-state index is 0. The second-order valence-electron chi connectivity index (χ2n) is 2.33. The number of rotatable bonds is 0. The maximum Gasteiger partial charge on any atom is 0.275 e. The third kappa shape index (κ3) is 0.813. The summed E-state index contributed by atoms with van der Waals surface area (Å²) in [7, 11) is 0. The Morgan fingerprint density at radius 2 is 2.55 bits per heavy atom. The Bertz CT molecular complexity index is 446. The van der Waals surface area contributed by atoms with Gasteiger partial charge < -0.3 is 4.98 Å². The van der Waals surface area contributed by atoms with E-state index in [4.69, 9.17) is 0 Å². The van der Waals surface area contributed by atoms with Crippen LogP contribution in [0.1, 0.15) is 7.12 Å². The quantitative estimate of drug-likeness (QED) is 0.576. The fourth-order valence-electron chi connectivity index (χ4n) is 0.960. The number of fused-ring (bicyclic) bond motifs is 1. The van der Waals surface area contributed by atoms with Gasteiger partial charge >= 0.3 is 0 Å². The number of hydrogen-bond acceptors (Lipinski definition) is 3. The zero-order chi connectivity index (χ0) is 7.84. The number of hydrogen-bond donors (Lipinski definition) is 1. The number of H-pyrrole nitrogens is 1. The molecule has 0 aromatic carbocycles. The molecule has 0 aliphatic heterocycles. The summed E-state index contributed by atoms with van der Waals surface area (Å²) in [6.45, 7) is 1.79. The van der Waals surface area contributed by atoms with E-state index in [1.807, 2.05) is 0 Å². The van der Waals surface area contributed by atoms with E-state index in [2.05, 4.69) is 15.3 Å². The molecule has 0 aliphatic carbocycles. The Kier molecular flexibility index (Phi) is 1.06. The predicted molar refractivity (Wildman–Crippen MR) is 40.5 cm³/mol. The predicted octanol–water partition coefficient (Wildman–Crippen LogP) is -0.0280. The van der Waals surface area contributed by atoms with Crippen molar-refractivity contribution in [2.45, 2.75) is 6.92 Å². The third-order valence-electron chi connectivity index (χ3n) is 1.43. The molecule has 0 spiro atoms.